The molecule has 0 atom stereocenters. The second-order valence-electron chi connectivity index (χ2n) is 5.23. The molecular formula is C14H26N2. The first-order valence-corrected chi connectivity index (χ1v) is 6.55. The van der Waals surface area contributed by atoms with Crippen molar-refractivity contribution in [2.75, 3.05) is 26.2 Å². The van der Waals surface area contributed by atoms with Crippen LogP contribution in [0.3, 0.4) is 0 Å². The number of rotatable bonds is 8. The van der Waals surface area contributed by atoms with Gasteiger partial charge in [-0.25, -0.2) is 0 Å². The first kappa shape index (κ1) is 13.5. The van der Waals surface area contributed by atoms with Crippen molar-refractivity contribution in [2.24, 2.45) is 17.1 Å². The van der Waals surface area contributed by atoms with E-state index >= 15 is 0 Å². The van der Waals surface area contributed by atoms with Crippen LogP contribution in [0.25, 0.3) is 0 Å². The molecule has 0 heterocycles. The molecule has 1 saturated carbocycles. The van der Waals surface area contributed by atoms with E-state index in [1.54, 1.807) is 0 Å². The SMILES string of the molecule is C#CCN(CC1CC1)CC(CC)(CC)CN. The molecule has 1 rings (SSSR count). The van der Waals surface area contributed by atoms with E-state index in [1.165, 1.54) is 19.4 Å². The summed E-state index contributed by atoms with van der Waals surface area (Å²) < 4.78 is 0. The van der Waals surface area contributed by atoms with E-state index in [9.17, 15) is 0 Å². The van der Waals surface area contributed by atoms with Crippen molar-refractivity contribution >= 4 is 0 Å². The van der Waals surface area contributed by atoms with Crippen LogP contribution in [0.2, 0.25) is 0 Å². The quantitative estimate of drug-likeness (QED) is 0.637. The Hall–Kier alpha value is -0.520. The number of terminal acetylenes is 1. The highest BCUT2D eigenvalue weighted by atomic mass is 15.1. The van der Waals surface area contributed by atoms with E-state index in [-0.39, 0.29) is 5.41 Å². The van der Waals surface area contributed by atoms with Crippen molar-refractivity contribution in [1.29, 1.82) is 0 Å². The van der Waals surface area contributed by atoms with Gasteiger partial charge in [0.05, 0.1) is 6.54 Å². The summed E-state index contributed by atoms with van der Waals surface area (Å²) in [7, 11) is 0. The summed E-state index contributed by atoms with van der Waals surface area (Å²) in [5.74, 6) is 3.68. The van der Waals surface area contributed by atoms with E-state index in [0.29, 0.717) is 0 Å². The van der Waals surface area contributed by atoms with Crippen molar-refractivity contribution in [3.63, 3.8) is 0 Å². The molecule has 0 unspecified atom stereocenters. The highest BCUT2D eigenvalue weighted by Crippen LogP contribution is 2.32. The van der Waals surface area contributed by atoms with Gasteiger partial charge in [0, 0.05) is 13.1 Å². The highest BCUT2D eigenvalue weighted by molar-refractivity contribution is 4.93. The normalized spacial score (nSPS) is 16.4. The third-order valence-corrected chi connectivity index (χ3v) is 4.02. The van der Waals surface area contributed by atoms with Crippen LogP contribution in [0.1, 0.15) is 39.5 Å². The fourth-order valence-corrected chi connectivity index (χ4v) is 2.28. The number of hydrogen-bond acceptors (Lipinski definition) is 2. The van der Waals surface area contributed by atoms with Crippen LogP contribution in [0, 0.1) is 23.7 Å². The zero-order valence-corrected chi connectivity index (χ0v) is 10.8. The molecule has 0 aliphatic heterocycles. The van der Waals surface area contributed by atoms with Gasteiger partial charge in [-0.3, -0.25) is 4.90 Å². The molecular weight excluding hydrogens is 196 g/mol. The van der Waals surface area contributed by atoms with E-state index in [0.717, 1.165) is 38.4 Å². The lowest BCUT2D eigenvalue weighted by Crippen LogP contribution is -2.43. The predicted molar refractivity (Wildman–Crippen MR) is 70.1 cm³/mol. The lowest BCUT2D eigenvalue weighted by Gasteiger charge is -2.35. The molecule has 16 heavy (non-hydrogen) atoms. The molecule has 2 nitrogen and oxygen atoms in total. The van der Waals surface area contributed by atoms with Gasteiger partial charge in [0.25, 0.3) is 0 Å². The Bertz CT molecular complexity index is 225. The fraction of sp³-hybridized carbons (Fsp3) is 0.857. The summed E-state index contributed by atoms with van der Waals surface area (Å²) in [5, 5.41) is 0. The molecule has 1 fully saturated rings. The van der Waals surface area contributed by atoms with E-state index < -0.39 is 0 Å². The minimum atomic E-state index is 0.270. The van der Waals surface area contributed by atoms with Crippen LogP contribution < -0.4 is 5.73 Å². The van der Waals surface area contributed by atoms with Gasteiger partial charge in [-0.2, -0.15) is 0 Å². The Morgan fingerprint density at radius 3 is 2.38 bits per heavy atom. The summed E-state index contributed by atoms with van der Waals surface area (Å²) >= 11 is 0. The molecule has 0 aromatic carbocycles. The van der Waals surface area contributed by atoms with Crippen molar-refractivity contribution in [3.05, 3.63) is 0 Å². The Kier molecular flexibility index (Phi) is 5.31. The van der Waals surface area contributed by atoms with Crippen LogP contribution in [-0.2, 0) is 0 Å². The molecule has 0 spiro atoms. The van der Waals surface area contributed by atoms with Gasteiger partial charge in [-0.05, 0) is 43.6 Å². The van der Waals surface area contributed by atoms with Gasteiger partial charge in [0.2, 0.25) is 0 Å². The highest BCUT2D eigenvalue weighted by Gasteiger charge is 2.30. The Balaban J connectivity index is 2.52. The molecule has 1 aliphatic carbocycles. The average molecular weight is 222 g/mol. The Morgan fingerprint density at radius 2 is 2.00 bits per heavy atom. The predicted octanol–water partition coefficient (Wildman–Crippen LogP) is 2.10. The maximum absolute atomic E-state index is 5.94. The minimum absolute atomic E-state index is 0.270. The van der Waals surface area contributed by atoms with Crippen molar-refractivity contribution in [3.8, 4) is 12.3 Å². The Morgan fingerprint density at radius 1 is 1.38 bits per heavy atom. The van der Waals surface area contributed by atoms with Crippen LogP contribution in [-0.4, -0.2) is 31.1 Å². The maximum atomic E-state index is 5.94. The molecule has 2 heteroatoms. The summed E-state index contributed by atoms with van der Waals surface area (Å²) in [6, 6.07) is 0. The minimum Gasteiger partial charge on any atom is -0.330 e. The first-order valence-electron chi connectivity index (χ1n) is 6.55. The lowest BCUT2D eigenvalue weighted by molar-refractivity contribution is 0.152. The molecule has 2 N–H and O–H groups in total. The van der Waals surface area contributed by atoms with Crippen LogP contribution in [0.5, 0.6) is 0 Å². The third kappa shape index (κ3) is 3.81. The first-order chi connectivity index (χ1) is 7.69. The van der Waals surface area contributed by atoms with Crippen molar-refractivity contribution < 1.29 is 0 Å². The second kappa shape index (κ2) is 6.27. The van der Waals surface area contributed by atoms with Crippen LogP contribution in [0.15, 0.2) is 0 Å². The van der Waals surface area contributed by atoms with Crippen LogP contribution >= 0.6 is 0 Å². The smallest absolute Gasteiger partial charge is 0.0599 e. The van der Waals surface area contributed by atoms with Gasteiger partial charge < -0.3 is 5.73 Å². The second-order valence-corrected chi connectivity index (χ2v) is 5.23. The molecule has 1 aliphatic rings. The standard InChI is InChI=1S/C14H26N2/c1-4-9-16(10-13-7-8-13)12-14(5-2,6-3)11-15/h1,13H,5-12,15H2,2-3H3. The van der Waals surface area contributed by atoms with Gasteiger partial charge in [0.15, 0.2) is 0 Å². The zero-order chi connectivity index (χ0) is 12.0. The van der Waals surface area contributed by atoms with Gasteiger partial charge in [-0.15, -0.1) is 6.42 Å². The van der Waals surface area contributed by atoms with Gasteiger partial charge >= 0.3 is 0 Å². The number of nitrogens with zero attached hydrogens (tertiary/aromatic N) is 1. The maximum Gasteiger partial charge on any atom is 0.0599 e. The largest absolute Gasteiger partial charge is 0.330 e. The lowest BCUT2D eigenvalue weighted by atomic mass is 9.82. The van der Waals surface area contributed by atoms with Gasteiger partial charge in [0.1, 0.15) is 0 Å². The Labute approximate surface area is 101 Å². The fourth-order valence-electron chi connectivity index (χ4n) is 2.28. The molecule has 0 aromatic rings. The summed E-state index contributed by atoms with van der Waals surface area (Å²) in [6.07, 6.45) is 10.5. The third-order valence-electron chi connectivity index (χ3n) is 4.02. The monoisotopic (exact) mass is 222 g/mol. The number of hydrogen-bond donors (Lipinski definition) is 1. The molecule has 92 valence electrons. The van der Waals surface area contributed by atoms with E-state index in [4.69, 9.17) is 12.2 Å². The van der Waals surface area contributed by atoms with E-state index in [1.807, 2.05) is 0 Å². The molecule has 0 bridgehead atoms. The molecule has 0 radical (unpaired) electrons. The van der Waals surface area contributed by atoms with Crippen LogP contribution in [0.4, 0.5) is 0 Å². The topological polar surface area (TPSA) is 29.3 Å². The zero-order valence-electron chi connectivity index (χ0n) is 10.8. The summed E-state index contributed by atoms with van der Waals surface area (Å²) in [5.41, 5.74) is 6.21. The molecule has 0 amide bonds. The summed E-state index contributed by atoms with van der Waals surface area (Å²) in [6.45, 7) is 8.26. The number of nitrogens with two attached hydrogens (primary N) is 1. The average Bonchev–Trinajstić information content (AvgIpc) is 3.10. The molecule has 0 saturated heterocycles. The van der Waals surface area contributed by atoms with Gasteiger partial charge in [-0.1, -0.05) is 19.8 Å². The van der Waals surface area contributed by atoms with Crippen molar-refractivity contribution in [1.82, 2.24) is 4.90 Å². The van der Waals surface area contributed by atoms with Crippen molar-refractivity contribution in [2.45, 2.75) is 39.5 Å². The molecule has 0 aromatic heterocycles. The summed E-state index contributed by atoms with van der Waals surface area (Å²) in [4.78, 5) is 2.43. The van der Waals surface area contributed by atoms with E-state index in [2.05, 4.69) is 24.7 Å².